The van der Waals surface area contributed by atoms with E-state index in [0.717, 1.165) is 22.0 Å². The molecule has 5 atom stereocenters. The number of hydrogen-bond acceptors (Lipinski definition) is 6. The fourth-order valence-corrected chi connectivity index (χ4v) is 4.37. The number of nitrogens with one attached hydrogen (secondary N) is 4. The fourth-order valence-electron chi connectivity index (χ4n) is 4.37. The van der Waals surface area contributed by atoms with Gasteiger partial charge in [0.1, 0.15) is 18.1 Å². The minimum absolute atomic E-state index is 0.140. The lowest BCUT2D eigenvalue weighted by molar-refractivity contribution is -0.143. The van der Waals surface area contributed by atoms with Crippen LogP contribution in [0, 0.1) is 5.92 Å². The number of amides is 3. The molecule has 0 radical (unpaired) electrons. The van der Waals surface area contributed by atoms with Crippen LogP contribution in [0.1, 0.15) is 31.4 Å². The minimum Gasteiger partial charge on any atom is -0.480 e. The number of benzene rings is 2. The van der Waals surface area contributed by atoms with Gasteiger partial charge in [0.2, 0.25) is 17.7 Å². The van der Waals surface area contributed by atoms with Crippen molar-refractivity contribution in [2.24, 2.45) is 11.7 Å². The van der Waals surface area contributed by atoms with Crippen molar-refractivity contribution in [2.45, 2.75) is 57.3 Å². The van der Waals surface area contributed by atoms with Crippen LogP contribution >= 0.6 is 0 Å². The van der Waals surface area contributed by atoms with Crippen molar-refractivity contribution in [3.05, 3.63) is 71.9 Å². The first-order chi connectivity index (χ1) is 19.1. The van der Waals surface area contributed by atoms with E-state index >= 15 is 0 Å². The van der Waals surface area contributed by atoms with Crippen molar-refractivity contribution in [1.29, 1.82) is 0 Å². The Morgan fingerprint density at radius 3 is 2.17 bits per heavy atom. The number of nitrogens with two attached hydrogens (primary N) is 1. The minimum atomic E-state index is -1.52. The molecule has 2 aromatic carbocycles. The number of aliphatic carboxylic acids is 1. The molecule has 0 spiro atoms. The third-order valence-corrected chi connectivity index (χ3v) is 6.96. The normalized spacial score (nSPS) is 14.9. The summed E-state index contributed by atoms with van der Waals surface area (Å²) >= 11 is 0. The number of carbonyl (C=O) groups excluding carboxylic acids is 3. The standard InChI is InChI=1S/C29H37N5O6/c1-3-17(2)25(28(38)33-24(16-35)29(39)40)34-27(37)23(13-18-9-5-4-6-10-18)32-26(36)21(30)14-19-15-31-22-12-8-7-11-20(19)22/h4-12,15,17,21,23-25,31,35H,3,13-14,16,30H2,1-2H3,(H,32,36)(H,33,38)(H,34,37)(H,39,40). The second kappa shape index (κ2) is 14.2. The maximum absolute atomic E-state index is 13.5. The number of rotatable bonds is 14. The third kappa shape index (κ3) is 7.90. The van der Waals surface area contributed by atoms with Crippen LogP contribution in [0.25, 0.3) is 10.9 Å². The molecule has 3 rings (SSSR count). The average molecular weight is 552 g/mol. The molecule has 3 amide bonds. The number of aliphatic hydroxyl groups is 1. The Bertz CT molecular complexity index is 1310. The maximum atomic E-state index is 13.5. The highest BCUT2D eigenvalue weighted by Crippen LogP contribution is 2.19. The van der Waals surface area contributed by atoms with Crippen LogP contribution in [-0.2, 0) is 32.0 Å². The van der Waals surface area contributed by atoms with Gasteiger partial charge in [-0.2, -0.15) is 0 Å². The molecule has 8 N–H and O–H groups in total. The second-order valence-corrected chi connectivity index (χ2v) is 9.87. The summed E-state index contributed by atoms with van der Waals surface area (Å²) in [4.78, 5) is 54.1. The summed E-state index contributed by atoms with van der Waals surface area (Å²) in [5.41, 5.74) is 8.83. The first-order valence-electron chi connectivity index (χ1n) is 13.2. The lowest BCUT2D eigenvalue weighted by Gasteiger charge is -2.28. The first kappa shape index (κ1) is 30.3. The molecule has 0 saturated heterocycles. The van der Waals surface area contributed by atoms with Gasteiger partial charge in [-0.1, -0.05) is 68.8 Å². The first-order valence-corrected chi connectivity index (χ1v) is 13.2. The van der Waals surface area contributed by atoms with Crippen molar-refractivity contribution in [1.82, 2.24) is 20.9 Å². The predicted octanol–water partition coefficient (Wildman–Crippen LogP) is 0.858. The Balaban J connectivity index is 1.78. The lowest BCUT2D eigenvalue weighted by Crippen LogP contribution is -2.59. The number of para-hydroxylation sites is 1. The summed E-state index contributed by atoms with van der Waals surface area (Å²) in [6.07, 6.45) is 2.69. The quantitative estimate of drug-likeness (QED) is 0.155. The highest BCUT2D eigenvalue weighted by Gasteiger charge is 2.32. The number of carboxylic acid groups (broad SMARTS) is 1. The zero-order chi connectivity index (χ0) is 29.2. The summed E-state index contributed by atoms with van der Waals surface area (Å²) in [5, 5.41) is 27.2. The maximum Gasteiger partial charge on any atom is 0.328 e. The molecule has 0 bridgehead atoms. The summed E-state index contributed by atoms with van der Waals surface area (Å²) in [7, 11) is 0. The Hall–Kier alpha value is -4.22. The number of carboxylic acids is 1. The molecular formula is C29H37N5O6. The molecule has 0 aliphatic rings. The van der Waals surface area contributed by atoms with Gasteiger partial charge in [-0.3, -0.25) is 14.4 Å². The topological polar surface area (TPSA) is 187 Å². The van der Waals surface area contributed by atoms with Gasteiger partial charge >= 0.3 is 5.97 Å². The smallest absolute Gasteiger partial charge is 0.328 e. The summed E-state index contributed by atoms with van der Waals surface area (Å²) in [6.45, 7) is 2.76. The molecule has 11 nitrogen and oxygen atoms in total. The molecular weight excluding hydrogens is 514 g/mol. The number of aliphatic hydroxyl groups excluding tert-OH is 1. The van der Waals surface area contributed by atoms with Gasteiger partial charge in [0.05, 0.1) is 12.6 Å². The molecule has 0 aliphatic heterocycles. The molecule has 0 fully saturated rings. The molecule has 0 saturated carbocycles. The van der Waals surface area contributed by atoms with E-state index in [-0.39, 0.29) is 18.8 Å². The van der Waals surface area contributed by atoms with Crippen LogP contribution < -0.4 is 21.7 Å². The van der Waals surface area contributed by atoms with Gasteiger partial charge in [-0.25, -0.2) is 4.79 Å². The second-order valence-electron chi connectivity index (χ2n) is 9.87. The monoisotopic (exact) mass is 551 g/mol. The number of aromatic nitrogens is 1. The molecule has 214 valence electrons. The number of carbonyl (C=O) groups is 4. The van der Waals surface area contributed by atoms with E-state index in [4.69, 9.17) is 5.73 Å². The van der Waals surface area contributed by atoms with E-state index in [1.165, 1.54) is 0 Å². The SMILES string of the molecule is CCC(C)C(NC(=O)C(Cc1ccccc1)NC(=O)C(N)Cc1c[nH]c2ccccc12)C(=O)NC(CO)C(=O)O. The van der Waals surface area contributed by atoms with Crippen LogP contribution in [0.5, 0.6) is 0 Å². The van der Waals surface area contributed by atoms with Crippen LogP contribution in [0.3, 0.4) is 0 Å². The molecule has 1 aromatic heterocycles. The van der Waals surface area contributed by atoms with Crippen molar-refractivity contribution < 1.29 is 29.4 Å². The fraction of sp³-hybridized carbons (Fsp3) is 0.379. The van der Waals surface area contributed by atoms with Crippen molar-refractivity contribution in [3.8, 4) is 0 Å². The van der Waals surface area contributed by atoms with Gasteiger partial charge in [-0.15, -0.1) is 0 Å². The van der Waals surface area contributed by atoms with Crippen LogP contribution in [-0.4, -0.2) is 69.7 Å². The molecule has 0 aliphatic carbocycles. The summed E-state index contributed by atoms with van der Waals surface area (Å²) in [6, 6.07) is 12.1. The van der Waals surface area contributed by atoms with Crippen LogP contribution in [0.15, 0.2) is 60.8 Å². The zero-order valence-electron chi connectivity index (χ0n) is 22.6. The van der Waals surface area contributed by atoms with Crippen molar-refractivity contribution in [3.63, 3.8) is 0 Å². The molecule has 3 aromatic rings. The number of aromatic amines is 1. The Labute approximate surface area is 232 Å². The number of fused-ring (bicyclic) bond motifs is 1. The van der Waals surface area contributed by atoms with Gasteiger partial charge in [0.15, 0.2) is 0 Å². The van der Waals surface area contributed by atoms with E-state index in [9.17, 15) is 29.4 Å². The van der Waals surface area contributed by atoms with Gasteiger partial charge in [-0.05, 0) is 29.5 Å². The predicted molar refractivity (Wildman–Crippen MR) is 150 cm³/mol. The van der Waals surface area contributed by atoms with Crippen molar-refractivity contribution in [2.75, 3.05) is 6.61 Å². The highest BCUT2D eigenvalue weighted by atomic mass is 16.4. The van der Waals surface area contributed by atoms with Gasteiger partial charge in [0, 0.05) is 23.5 Å². The third-order valence-electron chi connectivity index (χ3n) is 6.96. The van der Waals surface area contributed by atoms with E-state index < -0.39 is 54.5 Å². The molecule has 11 heteroatoms. The van der Waals surface area contributed by atoms with E-state index in [0.29, 0.717) is 6.42 Å². The zero-order valence-corrected chi connectivity index (χ0v) is 22.6. The van der Waals surface area contributed by atoms with Gasteiger partial charge < -0.3 is 36.9 Å². The van der Waals surface area contributed by atoms with E-state index in [2.05, 4.69) is 20.9 Å². The Morgan fingerprint density at radius 1 is 0.875 bits per heavy atom. The van der Waals surface area contributed by atoms with E-state index in [1.54, 1.807) is 13.1 Å². The van der Waals surface area contributed by atoms with Crippen molar-refractivity contribution >= 4 is 34.6 Å². The Morgan fingerprint density at radius 2 is 1.52 bits per heavy atom. The Kier molecular flexibility index (Phi) is 10.8. The largest absolute Gasteiger partial charge is 0.480 e. The van der Waals surface area contributed by atoms with Gasteiger partial charge in [0.25, 0.3) is 0 Å². The molecule has 40 heavy (non-hydrogen) atoms. The van der Waals surface area contributed by atoms with Crippen LogP contribution in [0.4, 0.5) is 0 Å². The summed E-state index contributed by atoms with van der Waals surface area (Å²) in [5.74, 6) is -3.66. The van der Waals surface area contributed by atoms with Crippen LogP contribution in [0.2, 0.25) is 0 Å². The highest BCUT2D eigenvalue weighted by molar-refractivity contribution is 5.94. The molecule has 5 unspecified atom stereocenters. The molecule has 1 heterocycles. The van der Waals surface area contributed by atoms with E-state index in [1.807, 2.05) is 61.5 Å². The average Bonchev–Trinajstić information content (AvgIpc) is 3.36. The lowest BCUT2D eigenvalue weighted by atomic mass is 9.96. The summed E-state index contributed by atoms with van der Waals surface area (Å²) < 4.78 is 0. The number of H-pyrrole nitrogens is 1. The number of hydrogen-bond donors (Lipinski definition) is 7.